The molecule has 0 radical (unpaired) electrons. The lowest BCUT2D eigenvalue weighted by molar-refractivity contribution is -0.121. The molecule has 2 aromatic carbocycles. The molecule has 2 rings (SSSR count). The largest absolute Gasteiger partial charge is 0.497 e. The van der Waals surface area contributed by atoms with Crippen molar-refractivity contribution in [1.82, 2.24) is 5.32 Å². The van der Waals surface area contributed by atoms with Crippen molar-refractivity contribution in [3.05, 3.63) is 59.7 Å². The molecule has 0 bridgehead atoms. The van der Waals surface area contributed by atoms with Gasteiger partial charge in [0.05, 0.1) is 25.1 Å². The van der Waals surface area contributed by atoms with Crippen molar-refractivity contribution in [2.75, 3.05) is 24.2 Å². The van der Waals surface area contributed by atoms with Gasteiger partial charge in [0, 0.05) is 13.0 Å². The second-order valence-corrected chi connectivity index (χ2v) is 8.75. The van der Waals surface area contributed by atoms with Gasteiger partial charge < -0.3 is 10.1 Å². The van der Waals surface area contributed by atoms with E-state index in [9.17, 15) is 13.2 Å². The van der Waals surface area contributed by atoms with Crippen LogP contribution in [0.25, 0.3) is 0 Å². The first-order chi connectivity index (χ1) is 13.2. The van der Waals surface area contributed by atoms with Gasteiger partial charge >= 0.3 is 0 Å². The van der Waals surface area contributed by atoms with Crippen molar-refractivity contribution in [3.8, 4) is 5.75 Å². The lowest BCUT2D eigenvalue weighted by Crippen LogP contribution is -2.32. The van der Waals surface area contributed by atoms with Gasteiger partial charge in [0.2, 0.25) is 15.9 Å². The zero-order valence-corrected chi connectivity index (χ0v) is 17.6. The van der Waals surface area contributed by atoms with E-state index in [-0.39, 0.29) is 24.9 Å². The van der Waals surface area contributed by atoms with E-state index in [0.29, 0.717) is 12.1 Å². The number of nitrogens with zero attached hydrogens (tertiary/aromatic N) is 1. The minimum atomic E-state index is -3.42. The number of carbonyl (C=O) groups excluding carboxylic acids is 1. The summed E-state index contributed by atoms with van der Waals surface area (Å²) in [6.45, 7) is 4.08. The smallest absolute Gasteiger partial charge is 0.232 e. The highest BCUT2D eigenvalue weighted by Gasteiger charge is 2.18. The Hall–Kier alpha value is -2.54. The SMILES string of the molecule is COc1ccc([C@H](C)NC(=O)CCCN(c2cccc(C)c2)S(C)(=O)=O)cc1. The van der Waals surface area contributed by atoms with Crippen molar-refractivity contribution in [3.63, 3.8) is 0 Å². The summed E-state index contributed by atoms with van der Waals surface area (Å²) in [5.41, 5.74) is 2.58. The molecule has 0 saturated carbocycles. The summed E-state index contributed by atoms with van der Waals surface area (Å²) in [5.74, 6) is 0.653. The van der Waals surface area contributed by atoms with Crippen molar-refractivity contribution in [1.29, 1.82) is 0 Å². The van der Waals surface area contributed by atoms with Crippen LogP contribution in [0.4, 0.5) is 5.69 Å². The highest BCUT2D eigenvalue weighted by molar-refractivity contribution is 7.92. The molecule has 1 amide bonds. The number of amides is 1. The summed E-state index contributed by atoms with van der Waals surface area (Å²) < 4.78 is 30.8. The Kier molecular flexibility index (Phi) is 7.45. The third kappa shape index (κ3) is 6.27. The van der Waals surface area contributed by atoms with Gasteiger partial charge in [-0.3, -0.25) is 9.10 Å². The van der Waals surface area contributed by atoms with Crippen molar-refractivity contribution < 1.29 is 17.9 Å². The van der Waals surface area contributed by atoms with E-state index in [1.807, 2.05) is 56.3 Å². The molecule has 152 valence electrons. The Labute approximate surface area is 167 Å². The summed E-state index contributed by atoms with van der Waals surface area (Å²) in [6, 6.07) is 14.7. The minimum absolute atomic E-state index is 0.110. The number of carbonyl (C=O) groups is 1. The van der Waals surface area contributed by atoms with Crippen LogP contribution in [-0.4, -0.2) is 34.2 Å². The lowest BCUT2D eigenvalue weighted by atomic mass is 10.1. The van der Waals surface area contributed by atoms with Gasteiger partial charge in [-0.1, -0.05) is 24.3 Å². The first-order valence-corrected chi connectivity index (χ1v) is 11.0. The summed E-state index contributed by atoms with van der Waals surface area (Å²) >= 11 is 0. The molecule has 0 saturated heterocycles. The minimum Gasteiger partial charge on any atom is -0.497 e. The number of rotatable bonds is 9. The normalized spacial score (nSPS) is 12.3. The zero-order valence-electron chi connectivity index (χ0n) is 16.8. The molecular formula is C21H28N2O4S. The van der Waals surface area contributed by atoms with Crippen LogP contribution in [0, 0.1) is 6.92 Å². The maximum atomic E-state index is 12.3. The maximum Gasteiger partial charge on any atom is 0.232 e. The van der Waals surface area contributed by atoms with Gasteiger partial charge in [-0.15, -0.1) is 0 Å². The quantitative estimate of drug-likeness (QED) is 0.695. The molecular weight excluding hydrogens is 376 g/mol. The molecule has 0 aliphatic rings. The van der Waals surface area contributed by atoms with E-state index in [4.69, 9.17) is 4.74 Å². The van der Waals surface area contributed by atoms with Crippen LogP contribution in [0.1, 0.15) is 36.9 Å². The number of nitrogens with one attached hydrogen (secondary N) is 1. The van der Waals surface area contributed by atoms with E-state index < -0.39 is 10.0 Å². The fourth-order valence-corrected chi connectivity index (χ4v) is 3.90. The van der Waals surface area contributed by atoms with Crippen LogP contribution in [0.15, 0.2) is 48.5 Å². The Morgan fingerprint density at radius 1 is 1.18 bits per heavy atom. The van der Waals surface area contributed by atoms with E-state index in [0.717, 1.165) is 16.9 Å². The second kappa shape index (κ2) is 9.59. The second-order valence-electron chi connectivity index (χ2n) is 6.84. The van der Waals surface area contributed by atoms with Crippen LogP contribution < -0.4 is 14.4 Å². The highest BCUT2D eigenvalue weighted by atomic mass is 32.2. The molecule has 7 heteroatoms. The van der Waals surface area contributed by atoms with Crippen LogP contribution in [-0.2, 0) is 14.8 Å². The van der Waals surface area contributed by atoms with Gasteiger partial charge in [-0.2, -0.15) is 0 Å². The number of benzene rings is 2. The Morgan fingerprint density at radius 2 is 1.86 bits per heavy atom. The fraction of sp³-hybridized carbons (Fsp3) is 0.381. The Bertz CT molecular complexity index is 895. The number of methoxy groups -OCH3 is 1. The predicted octanol–water partition coefficient (Wildman–Crippen LogP) is 3.43. The van der Waals surface area contributed by atoms with E-state index in [1.54, 1.807) is 13.2 Å². The summed E-state index contributed by atoms with van der Waals surface area (Å²) in [5, 5.41) is 2.95. The number of aryl methyl sites for hydroxylation is 1. The average Bonchev–Trinajstić information content (AvgIpc) is 2.64. The van der Waals surface area contributed by atoms with Gasteiger partial charge in [-0.25, -0.2) is 8.42 Å². The fourth-order valence-electron chi connectivity index (χ4n) is 2.94. The Morgan fingerprint density at radius 3 is 2.43 bits per heavy atom. The average molecular weight is 405 g/mol. The van der Waals surface area contributed by atoms with Gasteiger partial charge in [-0.05, 0) is 55.7 Å². The number of ether oxygens (including phenoxy) is 1. The molecule has 0 heterocycles. The van der Waals surface area contributed by atoms with Gasteiger partial charge in [0.1, 0.15) is 5.75 Å². The molecule has 0 aliphatic carbocycles. The first-order valence-electron chi connectivity index (χ1n) is 9.18. The molecule has 0 spiro atoms. The van der Waals surface area contributed by atoms with E-state index in [2.05, 4.69) is 5.32 Å². The van der Waals surface area contributed by atoms with Crippen molar-refractivity contribution in [2.24, 2.45) is 0 Å². The number of sulfonamides is 1. The molecule has 0 aliphatic heterocycles. The standard InChI is InChI=1S/C21H28N2O4S/c1-16-7-5-8-19(15-16)23(28(4,25)26)14-6-9-21(24)22-17(2)18-10-12-20(27-3)13-11-18/h5,7-8,10-13,15,17H,6,9,14H2,1-4H3,(H,22,24)/t17-/m0/s1. The maximum absolute atomic E-state index is 12.3. The highest BCUT2D eigenvalue weighted by Crippen LogP contribution is 2.20. The van der Waals surface area contributed by atoms with E-state index >= 15 is 0 Å². The number of hydrogen-bond donors (Lipinski definition) is 1. The van der Waals surface area contributed by atoms with Crippen molar-refractivity contribution in [2.45, 2.75) is 32.7 Å². The summed E-state index contributed by atoms with van der Waals surface area (Å²) in [7, 11) is -1.81. The summed E-state index contributed by atoms with van der Waals surface area (Å²) in [6.07, 6.45) is 1.86. The molecule has 1 atom stereocenters. The molecule has 0 aromatic heterocycles. The van der Waals surface area contributed by atoms with E-state index in [1.165, 1.54) is 10.6 Å². The van der Waals surface area contributed by atoms with Gasteiger partial charge in [0.15, 0.2) is 0 Å². The van der Waals surface area contributed by atoms with Crippen LogP contribution in [0.3, 0.4) is 0 Å². The van der Waals surface area contributed by atoms with Crippen LogP contribution in [0.5, 0.6) is 5.75 Å². The molecule has 6 nitrogen and oxygen atoms in total. The van der Waals surface area contributed by atoms with Crippen LogP contribution >= 0.6 is 0 Å². The monoisotopic (exact) mass is 404 g/mol. The lowest BCUT2D eigenvalue weighted by Gasteiger charge is -2.23. The Balaban J connectivity index is 1.91. The van der Waals surface area contributed by atoms with Crippen LogP contribution in [0.2, 0.25) is 0 Å². The first kappa shape index (κ1) is 21.8. The molecule has 28 heavy (non-hydrogen) atoms. The molecule has 2 aromatic rings. The molecule has 1 N–H and O–H groups in total. The van der Waals surface area contributed by atoms with Crippen molar-refractivity contribution >= 4 is 21.6 Å². The van der Waals surface area contributed by atoms with Gasteiger partial charge in [0.25, 0.3) is 0 Å². The summed E-state index contributed by atoms with van der Waals surface area (Å²) in [4.78, 5) is 12.3. The molecule has 0 unspecified atom stereocenters. The third-order valence-corrected chi connectivity index (χ3v) is 5.64. The zero-order chi connectivity index (χ0) is 20.7. The number of anilines is 1. The third-order valence-electron chi connectivity index (χ3n) is 4.45. The topological polar surface area (TPSA) is 75.7 Å². The number of hydrogen-bond acceptors (Lipinski definition) is 4. The predicted molar refractivity (Wildman–Crippen MR) is 112 cm³/mol. The molecule has 0 fully saturated rings.